The normalized spacial score (nSPS) is 29.0. The lowest BCUT2D eigenvalue weighted by Gasteiger charge is -2.25. The molecule has 0 spiro atoms. The first-order chi connectivity index (χ1) is 9.10. The smallest absolute Gasteiger partial charge is 0.313 e. The fraction of sp³-hybridized carbons (Fsp3) is 0.533. The number of likely N-dealkylation sites (tertiary alicyclic amines) is 1. The van der Waals surface area contributed by atoms with E-state index in [2.05, 4.69) is 17.0 Å². The Balaban J connectivity index is 2.09. The molecule has 0 aliphatic carbocycles. The number of ether oxygens (including phenoxy) is 1. The van der Waals surface area contributed by atoms with Crippen molar-refractivity contribution in [3.8, 4) is 0 Å². The maximum Gasteiger partial charge on any atom is 0.313 e. The van der Waals surface area contributed by atoms with Crippen LogP contribution in [0, 0.1) is 11.3 Å². The summed E-state index contributed by atoms with van der Waals surface area (Å²) in [5.41, 5.74) is 0.686. The van der Waals surface area contributed by atoms with Crippen molar-refractivity contribution < 1.29 is 10.9 Å². The molecular weight excluding hydrogens is 226 g/mol. The van der Waals surface area contributed by atoms with Gasteiger partial charge >= 0.3 is 5.97 Å². The molecular formula is C15H21NO2. The van der Waals surface area contributed by atoms with E-state index in [0.717, 1.165) is 13.1 Å². The molecule has 18 heavy (non-hydrogen) atoms. The number of esters is 1. The van der Waals surface area contributed by atoms with Crippen LogP contribution >= 0.6 is 0 Å². The maximum absolute atomic E-state index is 12.0. The standard InChI is InChI=1S/C15H21NO2/c1-12-9-16(10-13-7-5-4-6-8-13)11-15(12,2)14(17)18-3/h4-8,12H,9-11H2,1-3H3/t12-,15-/m1/s1/i1D. The van der Waals surface area contributed by atoms with Crippen LogP contribution in [0.4, 0.5) is 0 Å². The van der Waals surface area contributed by atoms with E-state index < -0.39 is 5.41 Å². The average molecular weight is 248 g/mol. The van der Waals surface area contributed by atoms with E-state index in [1.165, 1.54) is 12.7 Å². The Morgan fingerprint density at radius 1 is 1.56 bits per heavy atom. The van der Waals surface area contributed by atoms with Crippen molar-refractivity contribution in [2.75, 3.05) is 20.2 Å². The lowest BCUT2D eigenvalue weighted by atomic mass is 9.81. The molecule has 1 aromatic rings. The maximum atomic E-state index is 12.0. The van der Waals surface area contributed by atoms with Gasteiger partial charge < -0.3 is 4.74 Å². The molecule has 0 bridgehead atoms. The van der Waals surface area contributed by atoms with E-state index in [1.54, 1.807) is 0 Å². The fourth-order valence-electron chi connectivity index (χ4n) is 2.60. The van der Waals surface area contributed by atoms with Crippen molar-refractivity contribution >= 4 is 5.97 Å². The summed E-state index contributed by atoms with van der Waals surface area (Å²) in [5, 5.41) is 0. The van der Waals surface area contributed by atoms with Gasteiger partial charge in [-0.3, -0.25) is 9.69 Å². The minimum atomic E-state index is -0.550. The van der Waals surface area contributed by atoms with Crippen molar-refractivity contribution in [1.82, 2.24) is 4.90 Å². The van der Waals surface area contributed by atoms with Crippen molar-refractivity contribution in [3.63, 3.8) is 0 Å². The molecule has 1 aromatic carbocycles. The van der Waals surface area contributed by atoms with Crippen molar-refractivity contribution in [2.24, 2.45) is 11.3 Å². The van der Waals surface area contributed by atoms with E-state index in [0.29, 0.717) is 6.54 Å². The Kier molecular flexibility index (Phi) is 3.33. The number of hydrogen-bond acceptors (Lipinski definition) is 3. The number of rotatable bonds is 3. The molecule has 3 heteroatoms. The monoisotopic (exact) mass is 248 g/mol. The van der Waals surface area contributed by atoms with Gasteiger partial charge in [-0.2, -0.15) is 0 Å². The Morgan fingerprint density at radius 2 is 2.28 bits per heavy atom. The molecule has 0 saturated carbocycles. The third-order valence-electron chi connectivity index (χ3n) is 3.83. The molecule has 1 fully saturated rings. The zero-order valence-electron chi connectivity index (χ0n) is 12.1. The molecule has 1 aliphatic rings. The van der Waals surface area contributed by atoms with Crippen LogP contribution in [0.5, 0.6) is 0 Å². The molecule has 0 unspecified atom stereocenters. The quantitative estimate of drug-likeness (QED) is 0.769. The van der Waals surface area contributed by atoms with Gasteiger partial charge in [0, 0.05) is 21.0 Å². The molecule has 1 saturated heterocycles. The van der Waals surface area contributed by atoms with Gasteiger partial charge in [-0.15, -0.1) is 0 Å². The van der Waals surface area contributed by atoms with E-state index >= 15 is 0 Å². The SMILES string of the molecule is [2H]C[C@@H]1CN(Cc2ccccc2)C[C@@]1(C)C(=O)OC. The molecule has 3 nitrogen and oxygen atoms in total. The summed E-state index contributed by atoms with van der Waals surface area (Å²) in [5.74, 6) is -0.149. The lowest BCUT2D eigenvalue weighted by Crippen LogP contribution is -2.36. The van der Waals surface area contributed by atoms with Crippen molar-refractivity contribution in [1.29, 1.82) is 0 Å². The highest BCUT2D eigenvalue weighted by Gasteiger charge is 2.46. The van der Waals surface area contributed by atoms with Crippen LogP contribution in [0.2, 0.25) is 0 Å². The zero-order valence-corrected chi connectivity index (χ0v) is 11.1. The molecule has 2 rings (SSSR count). The van der Waals surface area contributed by atoms with Crippen LogP contribution < -0.4 is 0 Å². The van der Waals surface area contributed by atoms with Crippen molar-refractivity contribution in [3.05, 3.63) is 35.9 Å². The second kappa shape index (κ2) is 5.11. The third-order valence-corrected chi connectivity index (χ3v) is 3.83. The number of hydrogen-bond donors (Lipinski definition) is 0. The molecule has 1 aliphatic heterocycles. The number of methoxy groups -OCH3 is 1. The highest BCUT2D eigenvalue weighted by molar-refractivity contribution is 5.77. The Morgan fingerprint density at radius 3 is 2.89 bits per heavy atom. The number of carbonyl (C=O) groups is 1. The van der Waals surface area contributed by atoms with E-state index in [4.69, 9.17) is 6.11 Å². The summed E-state index contributed by atoms with van der Waals surface area (Å²) >= 11 is 0. The van der Waals surface area contributed by atoms with Crippen LogP contribution in [0.3, 0.4) is 0 Å². The Labute approximate surface area is 110 Å². The van der Waals surface area contributed by atoms with Gasteiger partial charge in [-0.1, -0.05) is 37.2 Å². The summed E-state index contributed by atoms with van der Waals surface area (Å²) < 4.78 is 12.6. The van der Waals surface area contributed by atoms with Crippen LogP contribution in [0.25, 0.3) is 0 Å². The van der Waals surface area contributed by atoms with Crippen LogP contribution in [-0.2, 0) is 16.1 Å². The second-order valence-electron chi connectivity index (χ2n) is 5.26. The third kappa shape index (κ3) is 2.41. The topological polar surface area (TPSA) is 29.5 Å². The van der Waals surface area contributed by atoms with Crippen LogP contribution in [-0.4, -0.2) is 31.1 Å². The summed E-state index contributed by atoms with van der Waals surface area (Å²) in [6.45, 7) is 4.45. The molecule has 1 heterocycles. The first kappa shape index (κ1) is 11.7. The van der Waals surface area contributed by atoms with E-state index in [1.807, 2.05) is 25.1 Å². The van der Waals surface area contributed by atoms with E-state index in [9.17, 15) is 4.79 Å². The van der Waals surface area contributed by atoms with Gasteiger partial charge in [0.2, 0.25) is 0 Å². The largest absolute Gasteiger partial charge is 0.469 e. The summed E-state index contributed by atoms with van der Waals surface area (Å²) in [4.78, 5) is 14.2. The molecule has 0 N–H and O–H groups in total. The summed E-state index contributed by atoms with van der Waals surface area (Å²) in [6, 6.07) is 10.2. The van der Waals surface area contributed by atoms with Gasteiger partial charge in [0.1, 0.15) is 0 Å². The lowest BCUT2D eigenvalue weighted by molar-refractivity contribution is -0.152. The predicted octanol–water partition coefficient (Wildman–Crippen LogP) is 2.32. The first-order valence-electron chi connectivity index (χ1n) is 6.95. The minimum Gasteiger partial charge on any atom is -0.469 e. The Hall–Kier alpha value is -1.35. The molecule has 0 amide bonds. The van der Waals surface area contributed by atoms with Crippen molar-refractivity contribution in [2.45, 2.75) is 20.4 Å². The Bertz CT molecular complexity index is 437. The average Bonchev–Trinajstić information content (AvgIpc) is 2.76. The van der Waals surface area contributed by atoms with E-state index in [-0.39, 0.29) is 18.8 Å². The highest BCUT2D eigenvalue weighted by Crippen LogP contribution is 2.37. The van der Waals surface area contributed by atoms with Crippen LogP contribution in [0.15, 0.2) is 30.3 Å². The predicted molar refractivity (Wildman–Crippen MR) is 71.0 cm³/mol. The van der Waals surface area contributed by atoms with Gasteiger partial charge in [0.05, 0.1) is 12.5 Å². The number of carbonyl (C=O) groups excluding carboxylic acids is 1. The van der Waals surface area contributed by atoms with Crippen LogP contribution in [0.1, 0.15) is 20.8 Å². The van der Waals surface area contributed by atoms with Gasteiger partial charge in [-0.05, 0) is 18.4 Å². The van der Waals surface area contributed by atoms with Gasteiger partial charge in [0.25, 0.3) is 0 Å². The number of nitrogens with zero attached hydrogens (tertiary/aromatic N) is 1. The minimum absolute atomic E-state index is 0.0451. The molecule has 98 valence electrons. The number of benzene rings is 1. The summed E-state index contributed by atoms with van der Waals surface area (Å²) in [6.07, 6.45) is 0. The second-order valence-corrected chi connectivity index (χ2v) is 5.26. The summed E-state index contributed by atoms with van der Waals surface area (Å²) in [7, 11) is 1.43. The molecule has 2 atom stereocenters. The van der Waals surface area contributed by atoms with Gasteiger partial charge in [0.15, 0.2) is 0 Å². The van der Waals surface area contributed by atoms with Gasteiger partial charge in [-0.25, -0.2) is 0 Å². The first-order valence-corrected chi connectivity index (χ1v) is 6.24. The highest BCUT2D eigenvalue weighted by atomic mass is 16.5. The molecule has 0 aromatic heterocycles. The molecule has 0 radical (unpaired) electrons. The zero-order chi connectivity index (χ0) is 13.9. The fourth-order valence-corrected chi connectivity index (χ4v) is 2.60.